The fourth-order valence-corrected chi connectivity index (χ4v) is 3.47. The van der Waals surface area contributed by atoms with Gasteiger partial charge >= 0.3 is 15.6 Å². The number of hydrogen-bond donors (Lipinski definition) is 0. The quantitative estimate of drug-likeness (QED) is 0.577. The summed E-state index contributed by atoms with van der Waals surface area (Å²) in [5.41, 5.74) is -5.92. The standard InChI is InChI=1S/C11H15F3O3S/c1-10-7-3-2-4-8(10)5-6-9(10)17-18(15,16)11(12,13)14/h6,8H,2-5,7H2,1H3. The highest BCUT2D eigenvalue weighted by Gasteiger charge is 2.52. The van der Waals surface area contributed by atoms with E-state index in [9.17, 15) is 21.6 Å². The van der Waals surface area contributed by atoms with Crippen LogP contribution in [0.3, 0.4) is 0 Å². The van der Waals surface area contributed by atoms with Gasteiger partial charge in [-0.3, -0.25) is 0 Å². The second kappa shape index (κ2) is 4.15. The predicted octanol–water partition coefficient (Wildman–Crippen LogP) is 3.34. The second-order valence-corrected chi connectivity index (χ2v) is 6.69. The van der Waals surface area contributed by atoms with Gasteiger partial charge in [-0.15, -0.1) is 0 Å². The largest absolute Gasteiger partial charge is 0.534 e. The van der Waals surface area contributed by atoms with E-state index in [1.165, 1.54) is 6.08 Å². The molecule has 0 aromatic heterocycles. The smallest absolute Gasteiger partial charge is 0.380 e. The first-order valence-electron chi connectivity index (χ1n) is 5.88. The summed E-state index contributed by atoms with van der Waals surface area (Å²) >= 11 is 0. The van der Waals surface area contributed by atoms with Crippen LogP contribution < -0.4 is 0 Å². The fraction of sp³-hybridized carbons (Fsp3) is 0.818. The van der Waals surface area contributed by atoms with Crippen molar-refractivity contribution in [3.05, 3.63) is 11.8 Å². The van der Waals surface area contributed by atoms with Crippen molar-refractivity contribution in [2.45, 2.75) is 44.5 Å². The van der Waals surface area contributed by atoms with Gasteiger partial charge in [0.25, 0.3) is 0 Å². The molecule has 0 N–H and O–H groups in total. The number of alkyl halides is 3. The lowest BCUT2D eigenvalue weighted by Crippen LogP contribution is -2.33. The van der Waals surface area contributed by atoms with Gasteiger partial charge in [0.05, 0.1) is 0 Å². The third-order valence-corrected chi connectivity index (χ3v) is 5.00. The van der Waals surface area contributed by atoms with Crippen LogP contribution in [0.25, 0.3) is 0 Å². The third kappa shape index (κ3) is 2.13. The molecular formula is C11H15F3O3S. The van der Waals surface area contributed by atoms with Crippen LogP contribution in [0.5, 0.6) is 0 Å². The molecule has 0 aromatic carbocycles. The molecule has 0 amide bonds. The molecule has 0 aromatic rings. The molecule has 3 nitrogen and oxygen atoms in total. The average Bonchev–Trinajstić information content (AvgIpc) is 2.54. The lowest BCUT2D eigenvalue weighted by molar-refractivity contribution is -0.0537. The number of fused-ring (bicyclic) bond motifs is 1. The summed E-state index contributed by atoms with van der Waals surface area (Å²) in [6.07, 6.45) is 5.61. The van der Waals surface area contributed by atoms with Crippen LogP contribution in [0.15, 0.2) is 11.8 Å². The molecule has 0 radical (unpaired) electrons. The van der Waals surface area contributed by atoms with Crippen molar-refractivity contribution >= 4 is 10.1 Å². The maximum absolute atomic E-state index is 12.3. The normalized spacial score (nSPS) is 32.9. The lowest BCUT2D eigenvalue weighted by atomic mass is 9.69. The Balaban J connectivity index is 2.21. The summed E-state index contributed by atoms with van der Waals surface area (Å²) in [5.74, 6) is 0.175. The molecule has 104 valence electrons. The van der Waals surface area contributed by atoms with Gasteiger partial charge in [0, 0.05) is 5.41 Å². The van der Waals surface area contributed by atoms with Gasteiger partial charge in [-0.2, -0.15) is 21.6 Å². The summed E-state index contributed by atoms with van der Waals surface area (Å²) in [7, 11) is -5.54. The number of rotatable bonds is 2. The van der Waals surface area contributed by atoms with Crippen molar-refractivity contribution in [3.63, 3.8) is 0 Å². The van der Waals surface area contributed by atoms with Crippen molar-refractivity contribution in [1.82, 2.24) is 0 Å². The Hall–Kier alpha value is -0.720. The molecule has 18 heavy (non-hydrogen) atoms. The van der Waals surface area contributed by atoms with E-state index >= 15 is 0 Å². The zero-order valence-electron chi connectivity index (χ0n) is 9.96. The highest BCUT2D eigenvalue weighted by molar-refractivity contribution is 7.87. The summed E-state index contributed by atoms with van der Waals surface area (Å²) in [4.78, 5) is 0. The van der Waals surface area contributed by atoms with Gasteiger partial charge < -0.3 is 4.18 Å². The monoisotopic (exact) mass is 284 g/mol. The van der Waals surface area contributed by atoms with E-state index in [2.05, 4.69) is 4.18 Å². The van der Waals surface area contributed by atoms with Gasteiger partial charge in [-0.1, -0.05) is 19.8 Å². The molecule has 0 aliphatic heterocycles. The van der Waals surface area contributed by atoms with E-state index in [1.54, 1.807) is 6.92 Å². The van der Waals surface area contributed by atoms with Crippen molar-refractivity contribution in [2.75, 3.05) is 0 Å². The maximum Gasteiger partial charge on any atom is 0.534 e. The molecule has 1 fully saturated rings. The zero-order valence-corrected chi connectivity index (χ0v) is 10.8. The summed E-state index contributed by atoms with van der Waals surface area (Å²) < 4.78 is 63.3. The minimum Gasteiger partial charge on any atom is -0.380 e. The Kier molecular flexibility index (Phi) is 3.16. The lowest BCUT2D eigenvalue weighted by Gasteiger charge is -2.37. The first-order valence-corrected chi connectivity index (χ1v) is 7.29. The fourth-order valence-electron chi connectivity index (χ4n) is 2.89. The Morgan fingerprint density at radius 2 is 2.06 bits per heavy atom. The molecule has 0 heterocycles. The van der Waals surface area contributed by atoms with Gasteiger partial charge in [-0.05, 0) is 31.3 Å². The van der Waals surface area contributed by atoms with E-state index in [4.69, 9.17) is 0 Å². The minimum atomic E-state index is -5.54. The summed E-state index contributed by atoms with van der Waals surface area (Å²) in [6.45, 7) is 1.79. The van der Waals surface area contributed by atoms with E-state index in [1.807, 2.05) is 0 Å². The maximum atomic E-state index is 12.3. The van der Waals surface area contributed by atoms with Crippen LogP contribution in [-0.2, 0) is 14.3 Å². The van der Waals surface area contributed by atoms with Gasteiger partial charge in [0.2, 0.25) is 0 Å². The molecule has 0 bridgehead atoms. The first-order chi connectivity index (χ1) is 8.17. The number of allylic oxidation sites excluding steroid dienone is 2. The highest BCUT2D eigenvalue weighted by atomic mass is 32.2. The molecule has 1 saturated carbocycles. The second-order valence-electron chi connectivity index (χ2n) is 5.15. The molecule has 2 rings (SSSR count). The molecule has 2 aliphatic carbocycles. The van der Waals surface area contributed by atoms with E-state index < -0.39 is 21.0 Å². The third-order valence-electron chi connectivity index (χ3n) is 4.03. The van der Waals surface area contributed by atoms with Crippen LogP contribution in [0, 0.1) is 11.3 Å². The van der Waals surface area contributed by atoms with Gasteiger partial charge in [0.15, 0.2) is 0 Å². The average molecular weight is 284 g/mol. The molecular weight excluding hydrogens is 269 g/mol. The summed E-state index contributed by atoms with van der Waals surface area (Å²) in [6, 6.07) is 0. The zero-order chi connectivity index (χ0) is 13.6. The predicted molar refractivity (Wildman–Crippen MR) is 58.8 cm³/mol. The Morgan fingerprint density at radius 3 is 2.67 bits per heavy atom. The van der Waals surface area contributed by atoms with Crippen molar-refractivity contribution in [1.29, 1.82) is 0 Å². The van der Waals surface area contributed by atoms with Gasteiger partial charge in [-0.25, -0.2) is 0 Å². The van der Waals surface area contributed by atoms with Crippen molar-refractivity contribution < 1.29 is 25.8 Å². The summed E-state index contributed by atoms with van der Waals surface area (Å²) in [5, 5.41) is 0. The first kappa shape index (κ1) is 13.7. The van der Waals surface area contributed by atoms with Crippen LogP contribution in [0.4, 0.5) is 13.2 Å². The molecule has 0 saturated heterocycles. The number of hydrogen-bond acceptors (Lipinski definition) is 3. The van der Waals surface area contributed by atoms with E-state index in [0.29, 0.717) is 12.8 Å². The van der Waals surface area contributed by atoms with Crippen molar-refractivity contribution in [3.8, 4) is 0 Å². The molecule has 2 aliphatic rings. The van der Waals surface area contributed by atoms with E-state index in [-0.39, 0.29) is 11.7 Å². The van der Waals surface area contributed by atoms with Crippen LogP contribution >= 0.6 is 0 Å². The van der Waals surface area contributed by atoms with Crippen LogP contribution in [0.1, 0.15) is 39.0 Å². The molecule has 7 heteroatoms. The van der Waals surface area contributed by atoms with Crippen LogP contribution in [-0.4, -0.2) is 13.9 Å². The van der Waals surface area contributed by atoms with Crippen molar-refractivity contribution in [2.24, 2.45) is 11.3 Å². The molecule has 0 spiro atoms. The molecule has 2 atom stereocenters. The Bertz CT molecular complexity index is 466. The minimum absolute atomic E-state index is 0.0236. The van der Waals surface area contributed by atoms with Gasteiger partial charge in [0.1, 0.15) is 5.76 Å². The Labute approximate surface area is 104 Å². The molecule has 2 unspecified atom stereocenters. The Morgan fingerprint density at radius 1 is 1.39 bits per heavy atom. The number of halogens is 3. The van der Waals surface area contributed by atoms with E-state index in [0.717, 1.165) is 19.3 Å². The van der Waals surface area contributed by atoms with Crippen LogP contribution in [0.2, 0.25) is 0 Å². The SMILES string of the molecule is CC12CCCCC1CC=C2OS(=O)(=O)C(F)(F)F. The topological polar surface area (TPSA) is 43.4 Å². The highest BCUT2D eigenvalue weighted by Crippen LogP contribution is 2.53.